The van der Waals surface area contributed by atoms with Crippen molar-refractivity contribution < 1.29 is 13.5 Å². The van der Waals surface area contributed by atoms with E-state index >= 15 is 0 Å². The maximum Gasteiger partial charge on any atom is 0.387 e. The molecule has 1 aromatic carbocycles. The predicted octanol–water partition coefficient (Wildman–Crippen LogP) is 3.52. The van der Waals surface area contributed by atoms with Crippen LogP contribution < -0.4 is 15.4 Å². The fraction of sp³-hybridized carbons (Fsp3) is 0.312. The highest BCUT2D eigenvalue weighted by Crippen LogP contribution is 2.21. The van der Waals surface area contributed by atoms with E-state index in [1.165, 1.54) is 4.88 Å². The first-order valence-electron chi connectivity index (χ1n) is 7.09. The number of ether oxygens (including phenoxy) is 1. The van der Waals surface area contributed by atoms with Crippen molar-refractivity contribution in [3.05, 3.63) is 51.7 Å². The van der Waals surface area contributed by atoms with Crippen LogP contribution in [0.25, 0.3) is 0 Å². The number of hydrogen-bond donors (Lipinski definition) is 2. The molecule has 0 fully saturated rings. The van der Waals surface area contributed by atoms with Crippen LogP contribution in [-0.2, 0) is 13.1 Å². The number of rotatable bonds is 6. The van der Waals surface area contributed by atoms with Gasteiger partial charge in [0.05, 0.1) is 6.54 Å². The zero-order chi connectivity index (χ0) is 16.7. The molecule has 0 saturated heterocycles. The van der Waals surface area contributed by atoms with Gasteiger partial charge in [0.1, 0.15) is 5.75 Å². The highest BCUT2D eigenvalue weighted by atomic mass is 32.1. The van der Waals surface area contributed by atoms with Crippen molar-refractivity contribution in [2.75, 3.05) is 7.05 Å². The summed E-state index contributed by atoms with van der Waals surface area (Å²) in [7, 11) is 1.66. The SMILES string of the molecule is CN=C(NCc1cccs1)NCc1cc(C)ccc1OC(F)F. The Hall–Kier alpha value is -2.15. The zero-order valence-corrected chi connectivity index (χ0v) is 13.8. The summed E-state index contributed by atoms with van der Waals surface area (Å²) in [5, 5.41) is 8.29. The third-order valence-electron chi connectivity index (χ3n) is 3.11. The molecule has 0 amide bonds. The van der Waals surface area contributed by atoms with Crippen LogP contribution in [-0.4, -0.2) is 19.6 Å². The number of nitrogens with one attached hydrogen (secondary N) is 2. The molecule has 23 heavy (non-hydrogen) atoms. The summed E-state index contributed by atoms with van der Waals surface area (Å²) in [6, 6.07) is 9.13. The Bertz CT molecular complexity index is 645. The molecule has 1 aromatic heterocycles. The third kappa shape index (κ3) is 5.52. The predicted molar refractivity (Wildman–Crippen MR) is 89.2 cm³/mol. The summed E-state index contributed by atoms with van der Waals surface area (Å²) < 4.78 is 29.5. The number of nitrogens with zero attached hydrogens (tertiary/aromatic N) is 1. The molecule has 0 spiro atoms. The van der Waals surface area contributed by atoms with E-state index in [0.29, 0.717) is 24.6 Å². The van der Waals surface area contributed by atoms with Crippen LogP contribution in [0.3, 0.4) is 0 Å². The van der Waals surface area contributed by atoms with Crippen molar-refractivity contribution in [2.45, 2.75) is 26.6 Å². The molecule has 2 N–H and O–H groups in total. The highest BCUT2D eigenvalue weighted by Gasteiger charge is 2.10. The van der Waals surface area contributed by atoms with Gasteiger partial charge >= 0.3 is 6.61 Å². The smallest absolute Gasteiger partial charge is 0.387 e. The fourth-order valence-corrected chi connectivity index (χ4v) is 2.69. The maximum absolute atomic E-state index is 12.5. The van der Waals surface area contributed by atoms with Gasteiger partial charge in [-0.05, 0) is 24.4 Å². The van der Waals surface area contributed by atoms with Gasteiger partial charge in [0.25, 0.3) is 0 Å². The summed E-state index contributed by atoms with van der Waals surface area (Å²) >= 11 is 1.65. The van der Waals surface area contributed by atoms with E-state index in [1.807, 2.05) is 30.5 Å². The molecule has 0 unspecified atom stereocenters. The number of thiophene rings is 1. The standard InChI is InChI=1S/C16H19F2N3OS/c1-11-5-6-14(22-15(17)18)12(8-11)9-20-16(19-2)21-10-13-4-3-7-23-13/h3-8,15H,9-10H2,1-2H3,(H2,19,20,21). The van der Waals surface area contributed by atoms with Crippen LogP contribution >= 0.6 is 11.3 Å². The fourth-order valence-electron chi connectivity index (χ4n) is 2.04. The van der Waals surface area contributed by atoms with E-state index in [-0.39, 0.29) is 5.75 Å². The minimum Gasteiger partial charge on any atom is -0.434 e. The van der Waals surface area contributed by atoms with Crippen LogP contribution in [0.5, 0.6) is 5.75 Å². The van der Waals surface area contributed by atoms with Crippen molar-refractivity contribution in [2.24, 2.45) is 4.99 Å². The van der Waals surface area contributed by atoms with Crippen molar-refractivity contribution in [3.8, 4) is 5.75 Å². The minimum atomic E-state index is -2.84. The Morgan fingerprint density at radius 3 is 2.70 bits per heavy atom. The lowest BCUT2D eigenvalue weighted by Crippen LogP contribution is -2.36. The molecule has 124 valence electrons. The molecule has 2 aromatic rings. The average molecular weight is 339 g/mol. The van der Waals surface area contributed by atoms with E-state index < -0.39 is 6.61 Å². The number of halogens is 2. The van der Waals surface area contributed by atoms with Crippen molar-refractivity contribution in [3.63, 3.8) is 0 Å². The summed E-state index contributed by atoms with van der Waals surface area (Å²) in [4.78, 5) is 5.31. The molecule has 0 bridgehead atoms. The normalized spacial score (nSPS) is 11.6. The van der Waals surface area contributed by atoms with E-state index in [2.05, 4.69) is 20.4 Å². The topological polar surface area (TPSA) is 45.7 Å². The zero-order valence-electron chi connectivity index (χ0n) is 13.0. The van der Waals surface area contributed by atoms with Gasteiger partial charge in [-0.1, -0.05) is 23.8 Å². The third-order valence-corrected chi connectivity index (χ3v) is 3.99. The van der Waals surface area contributed by atoms with Crippen LogP contribution in [0, 0.1) is 6.92 Å². The van der Waals surface area contributed by atoms with Crippen molar-refractivity contribution in [1.82, 2.24) is 10.6 Å². The molecule has 0 aliphatic rings. The first-order valence-corrected chi connectivity index (χ1v) is 7.97. The van der Waals surface area contributed by atoms with Gasteiger partial charge in [-0.2, -0.15) is 8.78 Å². The van der Waals surface area contributed by atoms with Crippen LogP contribution in [0.15, 0.2) is 40.7 Å². The second-order valence-electron chi connectivity index (χ2n) is 4.85. The van der Waals surface area contributed by atoms with E-state index in [4.69, 9.17) is 0 Å². The Labute approximate surface area is 138 Å². The molecule has 4 nitrogen and oxygen atoms in total. The first-order chi connectivity index (χ1) is 11.1. The summed E-state index contributed by atoms with van der Waals surface area (Å²) in [5.41, 5.74) is 1.63. The lowest BCUT2D eigenvalue weighted by Gasteiger charge is -2.15. The number of aryl methyl sites for hydroxylation is 1. The molecule has 0 atom stereocenters. The Balaban J connectivity index is 1.96. The van der Waals surface area contributed by atoms with Crippen LogP contribution in [0.4, 0.5) is 8.78 Å². The Morgan fingerprint density at radius 2 is 2.04 bits per heavy atom. The van der Waals surface area contributed by atoms with Gasteiger partial charge in [-0.25, -0.2) is 0 Å². The Kier molecular flexibility index (Phi) is 6.34. The second kappa shape index (κ2) is 8.47. The highest BCUT2D eigenvalue weighted by molar-refractivity contribution is 7.09. The second-order valence-corrected chi connectivity index (χ2v) is 5.88. The number of benzene rings is 1. The molecule has 7 heteroatoms. The Morgan fingerprint density at radius 1 is 1.26 bits per heavy atom. The van der Waals surface area contributed by atoms with Gasteiger partial charge in [0.2, 0.25) is 0 Å². The summed E-state index contributed by atoms with van der Waals surface area (Å²) in [6.07, 6.45) is 0. The maximum atomic E-state index is 12.5. The minimum absolute atomic E-state index is 0.173. The lowest BCUT2D eigenvalue weighted by molar-refractivity contribution is -0.0504. The van der Waals surface area contributed by atoms with Crippen molar-refractivity contribution in [1.29, 1.82) is 0 Å². The monoisotopic (exact) mass is 339 g/mol. The lowest BCUT2D eigenvalue weighted by atomic mass is 10.1. The first kappa shape index (κ1) is 17.2. The van der Waals surface area contributed by atoms with Gasteiger partial charge in [-0.15, -0.1) is 11.3 Å². The number of hydrogen-bond acceptors (Lipinski definition) is 3. The molecule has 0 saturated carbocycles. The molecular formula is C16H19F2N3OS. The molecule has 0 radical (unpaired) electrons. The molecule has 1 heterocycles. The summed E-state index contributed by atoms with van der Waals surface area (Å²) in [6.45, 7) is 0.0616. The number of aliphatic imine (C=N–C) groups is 1. The molecular weight excluding hydrogens is 320 g/mol. The van der Waals surface area contributed by atoms with Gasteiger partial charge in [0.15, 0.2) is 5.96 Å². The van der Waals surface area contributed by atoms with Crippen LogP contribution in [0.1, 0.15) is 16.0 Å². The van der Waals surface area contributed by atoms with E-state index in [9.17, 15) is 8.78 Å². The van der Waals surface area contributed by atoms with Gasteiger partial charge < -0.3 is 15.4 Å². The van der Waals surface area contributed by atoms with Gasteiger partial charge in [-0.3, -0.25) is 4.99 Å². The molecule has 2 rings (SSSR count). The van der Waals surface area contributed by atoms with Gasteiger partial charge in [0, 0.05) is 24.0 Å². The average Bonchev–Trinajstić information content (AvgIpc) is 3.03. The van der Waals surface area contributed by atoms with Crippen molar-refractivity contribution >= 4 is 17.3 Å². The van der Waals surface area contributed by atoms with Crippen LogP contribution in [0.2, 0.25) is 0 Å². The quantitative estimate of drug-likeness (QED) is 0.625. The molecule has 0 aliphatic carbocycles. The molecule has 0 aliphatic heterocycles. The van der Waals surface area contributed by atoms with E-state index in [1.54, 1.807) is 30.5 Å². The summed E-state index contributed by atoms with van der Waals surface area (Å²) in [5.74, 6) is 0.773. The number of alkyl halides is 2. The number of guanidine groups is 1. The van der Waals surface area contributed by atoms with E-state index in [0.717, 1.165) is 5.56 Å². The largest absolute Gasteiger partial charge is 0.434 e.